The number of ether oxygens (including phenoxy) is 1. The molecule has 1 heterocycles. The van der Waals surface area contributed by atoms with E-state index in [9.17, 15) is 13.2 Å². The fraction of sp³-hybridized carbons (Fsp3) is 0.667. The second-order valence-electron chi connectivity index (χ2n) is 7.85. The van der Waals surface area contributed by atoms with Gasteiger partial charge < -0.3 is 10.1 Å². The van der Waals surface area contributed by atoms with Crippen LogP contribution in [0.25, 0.3) is 0 Å². The Labute approximate surface area is 168 Å². The molecule has 0 unspecified atom stereocenters. The first-order valence-corrected chi connectivity index (χ1v) is 12.1. The zero-order valence-corrected chi connectivity index (χ0v) is 17.5. The van der Waals surface area contributed by atoms with Crippen molar-refractivity contribution in [3.63, 3.8) is 0 Å². The van der Waals surface area contributed by atoms with Gasteiger partial charge in [0.05, 0.1) is 17.5 Å². The average Bonchev–Trinajstić information content (AvgIpc) is 3.21. The first kappa shape index (κ1) is 21.1. The molecule has 0 bridgehead atoms. The Morgan fingerprint density at radius 3 is 2.50 bits per heavy atom. The van der Waals surface area contributed by atoms with E-state index in [1.807, 2.05) is 31.2 Å². The molecule has 0 aromatic heterocycles. The molecule has 2 aliphatic rings. The molecule has 28 heavy (non-hydrogen) atoms. The van der Waals surface area contributed by atoms with Gasteiger partial charge in [-0.1, -0.05) is 25.5 Å². The predicted octanol–water partition coefficient (Wildman–Crippen LogP) is 3.79. The Hall–Kier alpha value is -1.60. The average molecular weight is 409 g/mol. The summed E-state index contributed by atoms with van der Waals surface area (Å²) in [5.41, 5.74) is 0.706. The lowest BCUT2D eigenvalue weighted by molar-refractivity contribution is -0.120. The molecular weight excluding hydrogens is 376 g/mol. The number of amides is 1. The van der Waals surface area contributed by atoms with E-state index in [-0.39, 0.29) is 23.7 Å². The van der Waals surface area contributed by atoms with Crippen molar-refractivity contribution in [2.24, 2.45) is 5.92 Å². The van der Waals surface area contributed by atoms with Crippen LogP contribution in [-0.4, -0.2) is 43.6 Å². The van der Waals surface area contributed by atoms with Gasteiger partial charge in [0, 0.05) is 19.0 Å². The minimum Gasteiger partial charge on any atom is -0.488 e. The van der Waals surface area contributed by atoms with Crippen molar-refractivity contribution < 1.29 is 17.9 Å². The maximum atomic E-state index is 12.8. The topological polar surface area (TPSA) is 75.7 Å². The Bertz CT molecular complexity index is 751. The van der Waals surface area contributed by atoms with Crippen LogP contribution in [0.3, 0.4) is 0 Å². The number of nitrogens with one attached hydrogen (secondary N) is 1. The number of para-hydroxylation sites is 2. The number of hydrogen-bond donors (Lipinski definition) is 1. The summed E-state index contributed by atoms with van der Waals surface area (Å²) in [4.78, 5) is 12.8. The third kappa shape index (κ3) is 5.47. The van der Waals surface area contributed by atoms with Gasteiger partial charge in [0.15, 0.2) is 0 Å². The van der Waals surface area contributed by atoms with E-state index in [0.717, 1.165) is 25.0 Å². The summed E-state index contributed by atoms with van der Waals surface area (Å²) < 4.78 is 32.3. The Morgan fingerprint density at radius 1 is 1.14 bits per heavy atom. The number of carbonyl (C=O) groups excluding carboxylic acids is 1. The first-order valence-electron chi connectivity index (χ1n) is 10.5. The van der Waals surface area contributed by atoms with Crippen LogP contribution in [0.5, 0.6) is 5.75 Å². The molecule has 1 saturated carbocycles. The van der Waals surface area contributed by atoms with Gasteiger partial charge in [-0.3, -0.25) is 4.79 Å². The van der Waals surface area contributed by atoms with Gasteiger partial charge in [-0.25, -0.2) is 12.7 Å². The second kappa shape index (κ2) is 9.74. The maximum absolute atomic E-state index is 12.8. The van der Waals surface area contributed by atoms with Gasteiger partial charge in [-0.15, -0.1) is 0 Å². The van der Waals surface area contributed by atoms with Gasteiger partial charge in [0.25, 0.3) is 0 Å². The molecule has 1 aliphatic carbocycles. The number of hydrogen-bond acceptors (Lipinski definition) is 4. The highest BCUT2D eigenvalue weighted by atomic mass is 32.2. The standard InChI is InChI=1S/C21H32N2O4S/c1-2-3-16-28(25,26)23-14-12-17(13-15-23)21(24)22-19-10-6-7-11-20(19)27-18-8-4-5-9-18/h6-7,10-11,17-18H,2-5,8-9,12-16H2,1H3,(H,22,24). The quantitative estimate of drug-likeness (QED) is 0.710. The zero-order chi connectivity index (χ0) is 20.0. The van der Waals surface area contributed by atoms with Crippen LogP contribution in [-0.2, 0) is 14.8 Å². The van der Waals surface area contributed by atoms with E-state index in [1.165, 1.54) is 12.8 Å². The SMILES string of the molecule is CCCCS(=O)(=O)N1CCC(C(=O)Nc2ccccc2OC2CCCC2)CC1. The van der Waals surface area contributed by atoms with Crippen LogP contribution in [0.2, 0.25) is 0 Å². The summed E-state index contributed by atoms with van der Waals surface area (Å²) in [5, 5.41) is 3.01. The highest BCUT2D eigenvalue weighted by Crippen LogP contribution is 2.31. The number of nitrogens with zero attached hydrogens (tertiary/aromatic N) is 1. The van der Waals surface area contributed by atoms with E-state index in [0.29, 0.717) is 38.0 Å². The molecule has 0 spiro atoms. The van der Waals surface area contributed by atoms with Crippen molar-refractivity contribution in [2.45, 2.75) is 64.4 Å². The number of sulfonamides is 1. The summed E-state index contributed by atoms with van der Waals surface area (Å²) in [6, 6.07) is 7.57. The molecule has 1 aromatic rings. The summed E-state index contributed by atoms with van der Waals surface area (Å²) >= 11 is 0. The normalized spacial score (nSPS) is 19.6. The highest BCUT2D eigenvalue weighted by Gasteiger charge is 2.31. The number of unbranched alkanes of at least 4 members (excludes halogenated alkanes) is 1. The fourth-order valence-corrected chi connectivity index (χ4v) is 5.62. The lowest BCUT2D eigenvalue weighted by atomic mass is 9.97. The maximum Gasteiger partial charge on any atom is 0.227 e. The fourth-order valence-electron chi connectivity index (χ4n) is 3.95. The smallest absolute Gasteiger partial charge is 0.227 e. The molecule has 0 radical (unpaired) electrons. The molecule has 156 valence electrons. The van der Waals surface area contributed by atoms with Crippen LogP contribution >= 0.6 is 0 Å². The van der Waals surface area contributed by atoms with E-state index in [2.05, 4.69) is 5.32 Å². The van der Waals surface area contributed by atoms with Crippen LogP contribution < -0.4 is 10.1 Å². The van der Waals surface area contributed by atoms with Crippen LogP contribution in [0, 0.1) is 5.92 Å². The third-order valence-electron chi connectivity index (χ3n) is 5.71. The minimum atomic E-state index is -3.19. The number of piperidine rings is 1. The number of rotatable bonds is 8. The highest BCUT2D eigenvalue weighted by molar-refractivity contribution is 7.89. The van der Waals surface area contributed by atoms with E-state index in [1.54, 1.807) is 4.31 Å². The van der Waals surface area contributed by atoms with Gasteiger partial charge in [-0.05, 0) is 57.1 Å². The molecule has 2 fully saturated rings. The molecule has 1 amide bonds. The zero-order valence-electron chi connectivity index (χ0n) is 16.7. The van der Waals surface area contributed by atoms with Gasteiger partial charge in [0.1, 0.15) is 5.75 Å². The summed E-state index contributed by atoms with van der Waals surface area (Å²) in [5.74, 6) is 0.708. The van der Waals surface area contributed by atoms with Gasteiger partial charge in [0.2, 0.25) is 15.9 Å². The molecule has 7 heteroatoms. The predicted molar refractivity (Wildman–Crippen MR) is 111 cm³/mol. The Kier molecular flexibility index (Phi) is 7.35. The first-order chi connectivity index (χ1) is 13.5. The van der Waals surface area contributed by atoms with Crippen LogP contribution in [0.1, 0.15) is 58.3 Å². The van der Waals surface area contributed by atoms with Crippen molar-refractivity contribution >= 4 is 21.6 Å². The van der Waals surface area contributed by atoms with E-state index >= 15 is 0 Å². The second-order valence-corrected chi connectivity index (χ2v) is 9.94. The summed E-state index contributed by atoms with van der Waals surface area (Å²) in [6.45, 7) is 2.83. The lowest BCUT2D eigenvalue weighted by Crippen LogP contribution is -2.42. The summed E-state index contributed by atoms with van der Waals surface area (Å²) in [7, 11) is -3.19. The van der Waals surface area contributed by atoms with Crippen molar-refractivity contribution in [2.75, 3.05) is 24.2 Å². The molecular formula is C21H32N2O4S. The van der Waals surface area contributed by atoms with Gasteiger partial charge in [-0.2, -0.15) is 0 Å². The third-order valence-corrected chi connectivity index (χ3v) is 7.67. The lowest BCUT2D eigenvalue weighted by Gasteiger charge is -2.30. The molecule has 1 aromatic carbocycles. The monoisotopic (exact) mass is 408 g/mol. The van der Waals surface area contributed by atoms with Crippen molar-refractivity contribution in [1.29, 1.82) is 0 Å². The molecule has 1 aliphatic heterocycles. The summed E-state index contributed by atoms with van der Waals surface area (Å²) in [6.07, 6.45) is 7.40. The molecule has 6 nitrogen and oxygen atoms in total. The van der Waals surface area contributed by atoms with Crippen molar-refractivity contribution in [3.8, 4) is 5.75 Å². The van der Waals surface area contributed by atoms with E-state index < -0.39 is 10.0 Å². The van der Waals surface area contributed by atoms with E-state index in [4.69, 9.17) is 4.74 Å². The van der Waals surface area contributed by atoms with Crippen LogP contribution in [0.4, 0.5) is 5.69 Å². The van der Waals surface area contributed by atoms with Gasteiger partial charge >= 0.3 is 0 Å². The molecule has 0 atom stereocenters. The van der Waals surface area contributed by atoms with Crippen molar-refractivity contribution in [3.05, 3.63) is 24.3 Å². The number of anilines is 1. The largest absolute Gasteiger partial charge is 0.488 e. The molecule has 3 rings (SSSR count). The molecule has 1 N–H and O–H groups in total. The van der Waals surface area contributed by atoms with Crippen molar-refractivity contribution in [1.82, 2.24) is 4.31 Å². The minimum absolute atomic E-state index is 0.0481. The number of benzene rings is 1. The molecule has 1 saturated heterocycles. The Balaban J connectivity index is 1.55. The number of carbonyl (C=O) groups is 1. The Morgan fingerprint density at radius 2 is 1.82 bits per heavy atom. The van der Waals surface area contributed by atoms with Crippen LogP contribution in [0.15, 0.2) is 24.3 Å².